The first kappa shape index (κ1) is 15.2. The van der Waals surface area contributed by atoms with Crippen molar-refractivity contribution in [3.05, 3.63) is 24.2 Å². The maximum absolute atomic E-state index is 12.9. The lowest BCUT2D eigenvalue weighted by molar-refractivity contribution is -0.148. The predicted molar refractivity (Wildman–Crippen MR) is 82.7 cm³/mol. The highest BCUT2D eigenvalue weighted by Crippen LogP contribution is 2.35. The van der Waals surface area contributed by atoms with Gasteiger partial charge in [-0.3, -0.25) is 9.69 Å². The highest BCUT2D eigenvalue weighted by atomic mass is 16.5. The Balaban J connectivity index is 1.41. The van der Waals surface area contributed by atoms with Crippen molar-refractivity contribution in [3.8, 4) is 0 Å². The Hall–Kier alpha value is -1.37. The van der Waals surface area contributed by atoms with Gasteiger partial charge in [0.1, 0.15) is 5.76 Å². The van der Waals surface area contributed by atoms with E-state index in [9.17, 15) is 4.79 Å². The number of carbonyl (C=O) groups excluding carboxylic acids is 1. The predicted octanol–water partition coefficient (Wildman–Crippen LogP) is 0.833. The molecule has 4 rings (SSSR count). The van der Waals surface area contributed by atoms with E-state index in [1.807, 2.05) is 17.0 Å². The number of rotatable bonds is 3. The molecule has 1 aromatic heterocycles. The third-order valence-electron chi connectivity index (χ3n) is 5.31. The van der Waals surface area contributed by atoms with Gasteiger partial charge in [-0.05, 0) is 24.0 Å². The first-order chi connectivity index (χ1) is 11.3. The Morgan fingerprint density at radius 1 is 1.17 bits per heavy atom. The summed E-state index contributed by atoms with van der Waals surface area (Å²) in [5.74, 6) is 2.08. The van der Waals surface area contributed by atoms with E-state index in [0.29, 0.717) is 44.7 Å². The van der Waals surface area contributed by atoms with Crippen LogP contribution in [0.3, 0.4) is 0 Å². The Bertz CT molecular complexity index is 527. The zero-order valence-electron chi connectivity index (χ0n) is 13.4. The van der Waals surface area contributed by atoms with Crippen molar-refractivity contribution in [1.29, 1.82) is 0 Å². The van der Waals surface area contributed by atoms with Gasteiger partial charge in [-0.1, -0.05) is 0 Å². The maximum Gasteiger partial charge on any atom is 0.228 e. The molecule has 23 heavy (non-hydrogen) atoms. The minimum atomic E-state index is -0.00606. The second-order valence-electron chi connectivity index (χ2n) is 6.78. The van der Waals surface area contributed by atoms with Gasteiger partial charge in [0.15, 0.2) is 0 Å². The van der Waals surface area contributed by atoms with Crippen LogP contribution in [0.25, 0.3) is 0 Å². The van der Waals surface area contributed by atoms with Gasteiger partial charge in [0, 0.05) is 26.2 Å². The first-order valence-corrected chi connectivity index (χ1v) is 8.50. The fourth-order valence-corrected chi connectivity index (χ4v) is 4.12. The summed E-state index contributed by atoms with van der Waals surface area (Å²) in [6.07, 6.45) is 1.71. The van der Waals surface area contributed by atoms with Crippen LogP contribution in [0, 0.1) is 17.8 Å². The van der Waals surface area contributed by atoms with Crippen molar-refractivity contribution in [3.63, 3.8) is 0 Å². The molecule has 1 aromatic rings. The molecule has 3 fully saturated rings. The van der Waals surface area contributed by atoms with Crippen LogP contribution in [0.2, 0.25) is 0 Å². The summed E-state index contributed by atoms with van der Waals surface area (Å²) in [4.78, 5) is 17.2. The number of amides is 1. The molecule has 0 spiro atoms. The molecule has 3 aliphatic rings. The smallest absolute Gasteiger partial charge is 0.228 e. The molecule has 6 heteroatoms. The molecule has 3 saturated heterocycles. The summed E-state index contributed by atoms with van der Waals surface area (Å²) >= 11 is 0. The zero-order chi connectivity index (χ0) is 15.6. The standard InChI is InChI=1S/C17H24N2O4/c20-17(19-3-6-21-7-4-19)16-12-22-11-13-8-18(10-15(13)16)9-14-2-1-5-23-14/h1-2,5,13,15-16H,3-4,6-12H2/t13-,15-,16-/m1/s1. The third-order valence-corrected chi connectivity index (χ3v) is 5.31. The number of fused-ring (bicyclic) bond motifs is 1. The van der Waals surface area contributed by atoms with E-state index in [1.165, 1.54) is 0 Å². The van der Waals surface area contributed by atoms with Crippen LogP contribution in [0.5, 0.6) is 0 Å². The van der Waals surface area contributed by atoms with Gasteiger partial charge >= 0.3 is 0 Å². The molecule has 6 nitrogen and oxygen atoms in total. The largest absolute Gasteiger partial charge is 0.468 e. The van der Waals surface area contributed by atoms with Gasteiger partial charge in [0.2, 0.25) is 5.91 Å². The molecule has 0 unspecified atom stereocenters. The Labute approximate surface area is 136 Å². The van der Waals surface area contributed by atoms with E-state index in [-0.39, 0.29) is 11.8 Å². The van der Waals surface area contributed by atoms with Gasteiger partial charge in [0.25, 0.3) is 0 Å². The topological polar surface area (TPSA) is 55.2 Å². The molecule has 0 aliphatic carbocycles. The molecule has 126 valence electrons. The minimum Gasteiger partial charge on any atom is -0.468 e. The average Bonchev–Trinajstić information content (AvgIpc) is 3.24. The van der Waals surface area contributed by atoms with Crippen molar-refractivity contribution in [1.82, 2.24) is 9.80 Å². The van der Waals surface area contributed by atoms with E-state index < -0.39 is 0 Å². The molecule has 0 aromatic carbocycles. The van der Waals surface area contributed by atoms with Crippen molar-refractivity contribution < 1.29 is 18.7 Å². The fourth-order valence-electron chi connectivity index (χ4n) is 4.12. The van der Waals surface area contributed by atoms with Gasteiger partial charge in [-0.2, -0.15) is 0 Å². The Kier molecular flexibility index (Phi) is 4.37. The quantitative estimate of drug-likeness (QED) is 0.826. The third kappa shape index (κ3) is 3.16. The summed E-state index contributed by atoms with van der Waals surface area (Å²) in [6.45, 7) is 6.81. The van der Waals surface area contributed by atoms with Crippen LogP contribution < -0.4 is 0 Å². The van der Waals surface area contributed by atoms with E-state index in [4.69, 9.17) is 13.9 Å². The summed E-state index contributed by atoms with van der Waals surface area (Å²) < 4.78 is 16.6. The van der Waals surface area contributed by atoms with Crippen molar-refractivity contribution in [2.75, 3.05) is 52.6 Å². The molecule has 0 radical (unpaired) electrons. The molecular formula is C17H24N2O4. The van der Waals surface area contributed by atoms with Crippen LogP contribution in [0.4, 0.5) is 0 Å². The Morgan fingerprint density at radius 3 is 2.83 bits per heavy atom. The number of hydrogen-bond donors (Lipinski definition) is 0. The molecule has 4 heterocycles. The van der Waals surface area contributed by atoms with Crippen LogP contribution in [-0.4, -0.2) is 68.3 Å². The van der Waals surface area contributed by atoms with Crippen molar-refractivity contribution in [2.45, 2.75) is 6.54 Å². The highest BCUT2D eigenvalue weighted by Gasteiger charge is 2.45. The molecule has 0 N–H and O–H groups in total. The molecule has 1 amide bonds. The fraction of sp³-hybridized carbons (Fsp3) is 0.706. The lowest BCUT2D eigenvalue weighted by Crippen LogP contribution is -2.49. The van der Waals surface area contributed by atoms with E-state index >= 15 is 0 Å². The first-order valence-electron chi connectivity index (χ1n) is 8.50. The van der Waals surface area contributed by atoms with E-state index in [0.717, 1.165) is 32.0 Å². The number of hydrogen-bond acceptors (Lipinski definition) is 5. The summed E-state index contributed by atoms with van der Waals surface area (Å²) in [5, 5.41) is 0. The van der Waals surface area contributed by atoms with Gasteiger partial charge < -0.3 is 18.8 Å². The second kappa shape index (κ2) is 6.63. The summed E-state index contributed by atoms with van der Waals surface area (Å²) in [6, 6.07) is 3.93. The highest BCUT2D eigenvalue weighted by molar-refractivity contribution is 5.79. The van der Waals surface area contributed by atoms with Crippen LogP contribution in [0.15, 0.2) is 22.8 Å². The zero-order valence-corrected chi connectivity index (χ0v) is 13.4. The van der Waals surface area contributed by atoms with Crippen LogP contribution in [0.1, 0.15) is 5.76 Å². The lowest BCUT2D eigenvalue weighted by Gasteiger charge is -2.36. The molecule has 3 atom stereocenters. The van der Waals surface area contributed by atoms with Crippen LogP contribution in [-0.2, 0) is 20.8 Å². The number of furan rings is 1. The minimum absolute atomic E-state index is 0.00606. The van der Waals surface area contributed by atoms with Gasteiger partial charge in [-0.15, -0.1) is 0 Å². The lowest BCUT2D eigenvalue weighted by atomic mass is 9.82. The van der Waals surface area contributed by atoms with E-state index in [2.05, 4.69) is 4.90 Å². The maximum atomic E-state index is 12.9. The SMILES string of the molecule is O=C([C@@H]1COC[C@H]2CN(Cc3ccco3)C[C@H]21)N1CCOCC1. The molecular weight excluding hydrogens is 296 g/mol. The number of ether oxygens (including phenoxy) is 2. The average molecular weight is 320 g/mol. The Morgan fingerprint density at radius 2 is 2.04 bits per heavy atom. The number of nitrogens with zero attached hydrogens (tertiary/aromatic N) is 2. The van der Waals surface area contributed by atoms with E-state index in [1.54, 1.807) is 6.26 Å². The number of morpholine rings is 1. The monoisotopic (exact) mass is 320 g/mol. The van der Waals surface area contributed by atoms with Crippen LogP contribution >= 0.6 is 0 Å². The van der Waals surface area contributed by atoms with Crippen molar-refractivity contribution in [2.24, 2.45) is 17.8 Å². The summed E-state index contributed by atoms with van der Waals surface area (Å²) in [7, 11) is 0. The molecule has 0 saturated carbocycles. The second-order valence-corrected chi connectivity index (χ2v) is 6.78. The molecule has 0 bridgehead atoms. The normalized spacial score (nSPS) is 32.0. The van der Waals surface area contributed by atoms with Gasteiger partial charge in [-0.25, -0.2) is 0 Å². The summed E-state index contributed by atoms with van der Waals surface area (Å²) in [5.41, 5.74) is 0. The van der Waals surface area contributed by atoms with Crippen molar-refractivity contribution >= 4 is 5.91 Å². The number of carbonyl (C=O) groups is 1. The number of likely N-dealkylation sites (tertiary alicyclic amines) is 1. The molecule has 3 aliphatic heterocycles. The van der Waals surface area contributed by atoms with Gasteiger partial charge in [0.05, 0.1) is 45.2 Å².